The van der Waals surface area contributed by atoms with Crippen LogP contribution in [0.3, 0.4) is 0 Å². The van der Waals surface area contributed by atoms with Gasteiger partial charge in [-0.25, -0.2) is 4.79 Å². The van der Waals surface area contributed by atoms with E-state index in [1.54, 1.807) is 24.3 Å². The lowest BCUT2D eigenvalue weighted by Gasteiger charge is -2.37. The third-order valence-corrected chi connectivity index (χ3v) is 6.83. The van der Waals surface area contributed by atoms with Crippen LogP contribution in [-0.2, 0) is 22.6 Å². The van der Waals surface area contributed by atoms with Crippen molar-refractivity contribution < 1.29 is 41.9 Å². The van der Waals surface area contributed by atoms with E-state index >= 15 is 0 Å². The maximum atomic E-state index is 12.4. The Kier molecular flexibility index (Phi) is 9.89. The first-order valence-electron chi connectivity index (χ1n) is 10.8. The van der Waals surface area contributed by atoms with Gasteiger partial charge in [0.05, 0.1) is 30.6 Å². The fourth-order valence-corrected chi connectivity index (χ4v) is 5.23. The molecule has 4 amide bonds. The highest BCUT2D eigenvalue weighted by atomic mass is 35.5. The molecule has 6 N–H and O–H groups in total. The fraction of sp³-hybridized carbons (Fsp3) is 0.364. The number of nitrogens with one attached hydrogen (secondary N) is 2. The number of nitrogens with two attached hydrogens (primary N) is 2. The normalized spacial score (nSPS) is 16.6. The number of thiophene rings is 1. The summed E-state index contributed by atoms with van der Waals surface area (Å²) in [7, 11) is 2.12. The number of likely N-dealkylation sites (N-methyl/N-ethyl adjacent to an activating group) is 1. The number of carbonyl (C=O) groups is 4. The smallest absolute Gasteiger partial charge is 0.430 e. The van der Waals surface area contributed by atoms with Gasteiger partial charge in [-0.3, -0.25) is 14.9 Å². The van der Waals surface area contributed by atoms with Gasteiger partial charge in [-0.15, -0.1) is 11.3 Å². The fourth-order valence-electron chi connectivity index (χ4n) is 3.69. The zero-order valence-corrected chi connectivity index (χ0v) is 21.2. The number of primary amides is 2. The summed E-state index contributed by atoms with van der Waals surface area (Å²) >= 11 is 7.23. The molecule has 0 bridgehead atoms. The molecule has 15 heteroatoms. The zero-order chi connectivity index (χ0) is 28.0. The largest absolute Gasteiger partial charge is 0.542 e. The summed E-state index contributed by atoms with van der Waals surface area (Å²) < 4.78 is 32.3. The Bertz CT molecular complexity index is 1170. The lowest BCUT2D eigenvalue weighted by Crippen LogP contribution is -2.48. The molecule has 0 spiro atoms. The zero-order valence-electron chi connectivity index (χ0n) is 19.6. The van der Waals surface area contributed by atoms with Crippen LogP contribution in [0.2, 0.25) is 5.02 Å². The van der Waals surface area contributed by atoms with Crippen molar-refractivity contribution in [2.45, 2.75) is 32.0 Å². The van der Waals surface area contributed by atoms with E-state index in [1.165, 1.54) is 11.3 Å². The van der Waals surface area contributed by atoms with Gasteiger partial charge in [0, 0.05) is 30.0 Å². The van der Waals surface area contributed by atoms with Crippen LogP contribution in [0.5, 0.6) is 0 Å². The molecule has 0 saturated heterocycles. The van der Waals surface area contributed by atoms with Gasteiger partial charge in [-0.05, 0) is 29.8 Å². The number of aliphatic carboxylic acids is 1. The summed E-state index contributed by atoms with van der Waals surface area (Å²) in [5, 5.41) is 15.3. The summed E-state index contributed by atoms with van der Waals surface area (Å²) in [6, 6.07) is 6.26. The molecule has 2 heterocycles. The van der Waals surface area contributed by atoms with Crippen molar-refractivity contribution in [3.05, 3.63) is 45.3 Å². The molecule has 2 aromatic rings. The highest BCUT2D eigenvalue weighted by Crippen LogP contribution is 2.38. The van der Waals surface area contributed by atoms with Crippen molar-refractivity contribution in [2.75, 3.05) is 30.8 Å². The molecule has 1 aliphatic rings. The maximum absolute atomic E-state index is 12.4. The Morgan fingerprint density at radius 3 is 2.24 bits per heavy atom. The molecule has 1 unspecified atom stereocenters. The van der Waals surface area contributed by atoms with Crippen LogP contribution in [0.15, 0.2) is 24.3 Å². The van der Waals surface area contributed by atoms with Crippen LogP contribution in [-0.4, -0.2) is 54.6 Å². The molecule has 1 aliphatic heterocycles. The number of carboxylic acids is 1. The number of amides is 4. The van der Waals surface area contributed by atoms with Crippen molar-refractivity contribution in [3.8, 4) is 0 Å². The minimum atomic E-state index is -5.19. The summed E-state index contributed by atoms with van der Waals surface area (Å²) in [6.07, 6.45) is -3.45. The van der Waals surface area contributed by atoms with Gasteiger partial charge in [-0.2, -0.15) is 13.2 Å². The van der Waals surface area contributed by atoms with E-state index < -0.39 is 24.1 Å². The SMILES string of the molecule is C[N+]1(CCCC(N)=O)CCc2c(sc(NC(=O)Nc3ccc(Cl)cc3)c2C(N)=O)C1.O=C([O-])C(F)(F)F. The van der Waals surface area contributed by atoms with E-state index in [4.69, 9.17) is 33.0 Å². The number of halogens is 4. The number of rotatable bonds is 7. The number of nitrogens with zero attached hydrogens (tertiary/aromatic N) is 1. The number of benzene rings is 1. The monoisotopic (exact) mass is 563 g/mol. The van der Waals surface area contributed by atoms with Gasteiger partial charge in [0.15, 0.2) is 0 Å². The van der Waals surface area contributed by atoms with Crippen molar-refractivity contribution in [1.82, 2.24) is 0 Å². The molecule has 10 nitrogen and oxygen atoms in total. The minimum absolute atomic E-state index is 0.301. The first kappa shape index (κ1) is 29.9. The number of hydrogen-bond acceptors (Lipinski definition) is 6. The Morgan fingerprint density at radius 1 is 1.14 bits per heavy atom. The highest BCUT2D eigenvalue weighted by molar-refractivity contribution is 7.17. The predicted molar refractivity (Wildman–Crippen MR) is 130 cm³/mol. The average molecular weight is 564 g/mol. The standard InChI is InChI=1S/C20H24ClN5O3S.C2HF3O2/c1-26(9-2-3-16(22)27)10-8-14-15(11-26)30-19(17(14)18(23)28)25-20(29)24-13-6-4-12(21)5-7-13;3-2(4,5)1(6)7/h4-7H,2-3,8-11H2,1H3,(H5-,22,23,24,25,27,28,29);(H,6,7). The molecule has 37 heavy (non-hydrogen) atoms. The first-order valence-corrected chi connectivity index (χ1v) is 12.0. The molecule has 0 radical (unpaired) electrons. The molecular weight excluding hydrogens is 539 g/mol. The molecule has 3 rings (SSSR count). The number of urea groups is 1. The van der Waals surface area contributed by atoms with Crippen LogP contribution in [0, 0.1) is 0 Å². The first-order chi connectivity index (χ1) is 17.1. The number of carboxylic acid groups (broad SMARTS) is 1. The van der Waals surface area contributed by atoms with Gasteiger partial charge in [0.1, 0.15) is 17.5 Å². The van der Waals surface area contributed by atoms with E-state index in [9.17, 15) is 27.6 Å². The van der Waals surface area contributed by atoms with E-state index in [0.717, 1.165) is 28.0 Å². The number of quaternary nitrogens is 1. The highest BCUT2D eigenvalue weighted by Gasteiger charge is 2.34. The molecule has 0 fully saturated rings. The lowest BCUT2D eigenvalue weighted by atomic mass is 10.0. The summed E-state index contributed by atoms with van der Waals surface area (Å²) in [6.45, 7) is 2.34. The number of carbonyl (C=O) groups excluding carboxylic acids is 4. The van der Waals surface area contributed by atoms with Crippen LogP contribution >= 0.6 is 22.9 Å². The molecule has 0 saturated carbocycles. The van der Waals surface area contributed by atoms with E-state index in [-0.39, 0.29) is 5.91 Å². The van der Waals surface area contributed by atoms with E-state index in [0.29, 0.717) is 47.1 Å². The third-order valence-electron chi connectivity index (χ3n) is 5.45. The number of fused-ring (bicyclic) bond motifs is 1. The molecule has 202 valence electrons. The lowest BCUT2D eigenvalue weighted by molar-refractivity contribution is -0.924. The molecule has 1 atom stereocenters. The van der Waals surface area contributed by atoms with Crippen LogP contribution in [0.4, 0.5) is 28.7 Å². The van der Waals surface area contributed by atoms with Gasteiger partial charge in [0.2, 0.25) is 5.91 Å². The maximum Gasteiger partial charge on any atom is 0.430 e. The number of hydrogen-bond donors (Lipinski definition) is 4. The van der Waals surface area contributed by atoms with Crippen molar-refractivity contribution in [2.24, 2.45) is 11.5 Å². The van der Waals surface area contributed by atoms with Gasteiger partial charge in [-0.1, -0.05) is 11.6 Å². The Balaban J connectivity index is 0.000000604. The molecule has 1 aromatic carbocycles. The van der Waals surface area contributed by atoms with Crippen molar-refractivity contribution in [3.63, 3.8) is 0 Å². The second kappa shape index (κ2) is 12.3. The number of alkyl halides is 3. The van der Waals surface area contributed by atoms with E-state index in [2.05, 4.69) is 17.7 Å². The Labute approximate surface area is 218 Å². The topological polar surface area (TPSA) is 167 Å². The van der Waals surface area contributed by atoms with Crippen LogP contribution in [0.1, 0.15) is 33.6 Å². The van der Waals surface area contributed by atoms with Crippen molar-refractivity contribution >= 4 is 57.4 Å². The molecule has 1 aromatic heterocycles. The Hall–Kier alpha value is -3.36. The average Bonchev–Trinajstić information content (AvgIpc) is 3.11. The van der Waals surface area contributed by atoms with Gasteiger partial charge in [0.25, 0.3) is 5.91 Å². The minimum Gasteiger partial charge on any atom is -0.542 e. The van der Waals surface area contributed by atoms with E-state index in [1.807, 2.05) is 0 Å². The van der Waals surface area contributed by atoms with Crippen LogP contribution < -0.4 is 27.2 Å². The summed E-state index contributed by atoms with van der Waals surface area (Å²) in [5.41, 5.74) is 12.7. The predicted octanol–water partition coefficient (Wildman–Crippen LogP) is 2.21. The summed E-state index contributed by atoms with van der Waals surface area (Å²) in [4.78, 5) is 45.4. The second-order valence-corrected chi connectivity index (χ2v) is 10.0. The van der Waals surface area contributed by atoms with Crippen molar-refractivity contribution in [1.29, 1.82) is 0 Å². The third kappa shape index (κ3) is 8.91. The van der Waals surface area contributed by atoms with Gasteiger partial charge >= 0.3 is 12.2 Å². The molecule has 0 aliphatic carbocycles. The second-order valence-electron chi connectivity index (χ2n) is 8.49. The molecular formula is C22H25ClF3N5O5S. The Morgan fingerprint density at radius 2 is 1.73 bits per heavy atom. The van der Waals surface area contributed by atoms with Crippen LogP contribution in [0.25, 0.3) is 0 Å². The quantitative estimate of drug-likeness (QED) is 0.378. The van der Waals surface area contributed by atoms with Gasteiger partial charge < -0.3 is 31.2 Å². The summed E-state index contributed by atoms with van der Waals surface area (Å²) in [5.74, 6) is -3.86. The number of anilines is 2.